The highest BCUT2D eigenvalue weighted by atomic mass is 35.5. The molecule has 0 spiro atoms. The molecule has 1 aromatic heterocycles. The highest BCUT2D eigenvalue weighted by Gasteiger charge is 2.16. The smallest absolute Gasteiger partial charge is 0.223 e. The second kappa shape index (κ2) is 6.04. The number of hydrogen-bond acceptors (Lipinski definition) is 3. The van der Waals surface area contributed by atoms with Crippen molar-refractivity contribution in [2.24, 2.45) is 5.73 Å². The van der Waals surface area contributed by atoms with Crippen LogP contribution >= 0.6 is 11.6 Å². The molecule has 2 N–H and O–H groups in total. The molecular weight excluding hydrogens is 284 g/mol. The number of aromatic nitrogens is 1. The fraction of sp³-hybridized carbons (Fsp3) is 0.353. The zero-order chi connectivity index (χ0) is 14.8. The third-order valence-electron chi connectivity index (χ3n) is 3.90. The maximum absolute atomic E-state index is 6.00. The highest BCUT2D eigenvalue weighted by molar-refractivity contribution is 6.30. The van der Waals surface area contributed by atoms with E-state index < -0.39 is 0 Å². The molecule has 0 unspecified atom stereocenters. The summed E-state index contributed by atoms with van der Waals surface area (Å²) in [5.41, 5.74) is 10.3. The van der Waals surface area contributed by atoms with Gasteiger partial charge in [-0.05, 0) is 68.0 Å². The molecule has 0 amide bonds. The largest absolute Gasteiger partial charge is 0.438 e. The van der Waals surface area contributed by atoms with E-state index >= 15 is 0 Å². The van der Waals surface area contributed by atoms with Crippen molar-refractivity contribution in [3.05, 3.63) is 51.7 Å². The monoisotopic (exact) mass is 302 g/mol. The van der Waals surface area contributed by atoms with E-state index in [4.69, 9.17) is 27.1 Å². The summed E-state index contributed by atoms with van der Waals surface area (Å²) in [5, 5.41) is 0.706. The maximum atomic E-state index is 6.00. The quantitative estimate of drug-likeness (QED) is 0.925. The van der Waals surface area contributed by atoms with Crippen LogP contribution in [0.2, 0.25) is 5.02 Å². The first-order valence-corrected chi connectivity index (χ1v) is 7.71. The zero-order valence-electron chi connectivity index (χ0n) is 12.2. The Balaban J connectivity index is 1.97. The fourth-order valence-corrected chi connectivity index (χ4v) is 2.96. The molecule has 2 aromatic rings. The third-order valence-corrected chi connectivity index (χ3v) is 4.14. The standard InChI is InChI=1S/C17H19ClN2O/c1-11-8-14(18)6-7-16(11)21-17-13(10-19)9-12-4-2-3-5-15(12)20-17/h6-9H,2-5,10,19H2,1H3. The Bertz CT molecular complexity index is 670. The number of benzene rings is 1. The fourth-order valence-electron chi connectivity index (χ4n) is 2.73. The lowest BCUT2D eigenvalue weighted by molar-refractivity contribution is 0.448. The van der Waals surface area contributed by atoms with Crippen LogP contribution in [0, 0.1) is 6.92 Å². The van der Waals surface area contributed by atoms with Crippen molar-refractivity contribution in [3.63, 3.8) is 0 Å². The van der Waals surface area contributed by atoms with E-state index in [-0.39, 0.29) is 0 Å². The average molecular weight is 303 g/mol. The van der Waals surface area contributed by atoms with Gasteiger partial charge in [0, 0.05) is 22.8 Å². The molecule has 0 atom stereocenters. The van der Waals surface area contributed by atoms with E-state index in [1.165, 1.54) is 18.4 Å². The van der Waals surface area contributed by atoms with Crippen LogP contribution in [0.15, 0.2) is 24.3 Å². The third kappa shape index (κ3) is 3.04. The van der Waals surface area contributed by atoms with Gasteiger partial charge in [0.1, 0.15) is 5.75 Å². The van der Waals surface area contributed by atoms with Gasteiger partial charge in [-0.25, -0.2) is 4.98 Å². The molecule has 4 heteroatoms. The van der Waals surface area contributed by atoms with E-state index in [0.29, 0.717) is 17.4 Å². The molecule has 0 radical (unpaired) electrons. The van der Waals surface area contributed by atoms with E-state index in [1.54, 1.807) is 0 Å². The molecule has 0 bridgehead atoms. The van der Waals surface area contributed by atoms with Gasteiger partial charge in [-0.1, -0.05) is 11.6 Å². The first-order chi connectivity index (χ1) is 10.2. The van der Waals surface area contributed by atoms with E-state index in [0.717, 1.165) is 35.4 Å². The van der Waals surface area contributed by atoms with Crippen LogP contribution < -0.4 is 10.5 Å². The number of ether oxygens (including phenoxy) is 1. The molecule has 0 aliphatic heterocycles. The summed E-state index contributed by atoms with van der Waals surface area (Å²) in [7, 11) is 0. The Morgan fingerprint density at radius 2 is 2.05 bits per heavy atom. The molecule has 0 saturated carbocycles. The van der Waals surface area contributed by atoms with Crippen molar-refractivity contribution < 1.29 is 4.74 Å². The minimum absolute atomic E-state index is 0.433. The van der Waals surface area contributed by atoms with Gasteiger partial charge < -0.3 is 10.5 Å². The van der Waals surface area contributed by atoms with Gasteiger partial charge in [0.05, 0.1) is 0 Å². The summed E-state index contributed by atoms with van der Waals surface area (Å²) in [6.45, 7) is 2.41. The molecule has 1 aromatic carbocycles. The lowest BCUT2D eigenvalue weighted by Gasteiger charge is -2.18. The van der Waals surface area contributed by atoms with Crippen molar-refractivity contribution in [1.29, 1.82) is 0 Å². The molecule has 0 saturated heterocycles. The van der Waals surface area contributed by atoms with Crippen molar-refractivity contribution >= 4 is 11.6 Å². The van der Waals surface area contributed by atoms with Gasteiger partial charge in [-0.15, -0.1) is 0 Å². The number of hydrogen-bond donors (Lipinski definition) is 1. The number of halogens is 1. The Morgan fingerprint density at radius 1 is 1.24 bits per heavy atom. The normalized spacial score (nSPS) is 13.9. The summed E-state index contributed by atoms with van der Waals surface area (Å²) in [5.74, 6) is 1.40. The lowest BCUT2D eigenvalue weighted by Crippen LogP contribution is -2.10. The number of fused-ring (bicyclic) bond motifs is 1. The molecule has 1 heterocycles. The minimum atomic E-state index is 0.433. The van der Waals surface area contributed by atoms with Crippen LogP contribution in [0.4, 0.5) is 0 Å². The number of aryl methyl sites for hydroxylation is 3. The van der Waals surface area contributed by atoms with E-state index in [2.05, 4.69) is 6.07 Å². The summed E-state index contributed by atoms with van der Waals surface area (Å²) in [6.07, 6.45) is 4.54. The Morgan fingerprint density at radius 3 is 2.81 bits per heavy atom. The van der Waals surface area contributed by atoms with Crippen LogP contribution in [0.3, 0.4) is 0 Å². The molecular formula is C17H19ClN2O. The molecule has 1 aliphatic rings. The van der Waals surface area contributed by atoms with E-state index in [9.17, 15) is 0 Å². The first-order valence-electron chi connectivity index (χ1n) is 7.33. The van der Waals surface area contributed by atoms with Crippen molar-refractivity contribution in [2.75, 3.05) is 0 Å². The number of pyridine rings is 1. The summed E-state index contributed by atoms with van der Waals surface area (Å²) < 4.78 is 6.00. The van der Waals surface area contributed by atoms with Gasteiger partial charge in [-0.3, -0.25) is 0 Å². The predicted molar refractivity (Wildman–Crippen MR) is 85.0 cm³/mol. The Hall–Kier alpha value is -1.58. The first kappa shape index (κ1) is 14.4. The van der Waals surface area contributed by atoms with Gasteiger partial charge in [0.25, 0.3) is 0 Å². The summed E-state index contributed by atoms with van der Waals surface area (Å²) >= 11 is 5.98. The molecule has 3 rings (SSSR count). The van der Waals surface area contributed by atoms with Crippen molar-refractivity contribution in [1.82, 2.24) is 4.98 Å². The summed E-state index contributed by atoms with van der Waals surface area (Å²) in [6, 6.07) is 7.74. The van der Waals surface area contributed by atoms with Gasteiger partial charge in [0.2, 0.25) is 5.88 Å². The van der Waals surface area contributed by atoms with Gasteiger partial charge in [0.15, 0.2) is 0 Å². The average Bonchev–Trinajstić information content (AvgIpc) is 2.49. The van der Waals surface area contributed by atoms with Crippen LogP contribution in [0.5, 0.6) is 11.6 Å². The Kier molecular flexibility index (Phi) is 4.13. The molecule has 110 valence electrons. The van der Waals surface area contributed by atoms with Crippen LogP contribution in [0.1, 0.15) is 35.2 Å². The highest BCUT2D eigenvalue weighted by Crippen LogP contribution is 2.31. The van der Waals surface area contributed by atoms with Crippen LogP contribution in [-0.4, -0.2) is 4.98 Å². The molecule has 1 aliphatic carbocycles. The van der Waals surface area contributed by atoms with Crippen molar-refractivity contribution in [2.45, 2.75) is 39.2 Å². The van der Waals surface area contributed by atoms with Gasteiger partial charge in [-0.2, -0.15) is 0 Å². The van der Waals surface area contributed by atoms with Crippen LogP contribution in [0.25, 0.3) is 0 Å². The number of nitrogens with zero attached hydrogens (tertiary/aromatic N) is 1. The predicted octanol–water partition coefficient (Wildman–Crippen LogP) is 4.17. The maximum Gasteiger partial charge on any atom is 0.223 e. The molecule has 21 heavy (non-hydrogen) atoms. The van der Waals surface area contributed by atoms with E-state index in [1.807, 2.05) is 25.1 Å². The Labute approximate surface area is 130 Å². The van der Waals surface area contributed by atoms with Crippen molar-refractivity contribution in [3.8, 4) is 11.6 Å². The second-order valence-electron chi connectivity index (χ2n) is 5.48. The SMILES string of the molecule is Cc1cc(Cl)ccc1Oc1nc2c(cc1CN)CCCC2. The molecule has 3 nitrogen and oxygen atoms in total. The van der Waals surface area contributed by atoms with Gasteiger partial charge >= 0.3 is 0 Å². The lowest BCUT2D eigenvalue weighted by atomic mass is 9.95. The molecule has 0 fully saturated rings. The minimum Gasteiger partial charge on any atom is -0.438 e. The summed E-state index contributed by atoms with van der Waals surface area (Å²) in [4.78, 5) is 4.71. The second-order valence-corrected chi connectivity index (χ2v) is 5.92. The topological polar surface area (TPSA) is 48.1 Å². The number of nitrogens with two attached hydrogens (primary N) is 1. The number of rotatable bonds is 3. The van der Waals surface area contributed by atoms with Crippen LogP contribution in [-0.2, 0) is 19.4 Å². The zero-order valence-corrected chi connectivity index (χ0v) is 12.9.